The molecule has 1 aromatic heterocycles. The normalized spacial score (nSPS) is 15.3. The van der Waals surface area contributed by atoms with Gasteiger partial charge in [-0.25, -0.2) is 8.42 Å². The molecule has 0 unspecified atom stereocenters. The van der Waals surface area contributed by atoms with Crippen molar-refractivity contribution in [2.24, 2.45) is 0 Å². The molecule has 2 heterocycles. The summed E-state index contributed by atoms with van der Waals surface area (Å²) in [5.41, 5.74) is 1.97. The minimum absolute atomic E-state index is 0.223. The van der Waals surface area contributed by atoms with Crippen molar-refractivity contribution in [2.75, 3.05) is 26.3 Å². The highest BCUT2D eigenvalue weighted by Crippen LogP contribution is 2.18. The third-order valence-electron chi connectivity index (χ3n) is 4.86. The molecule has 0 spiro atoms. The lowest BCUT2D eigenvalue weighted by Gasteiger charge is -2.26. The molecule has 1 N–H and O–H groups in total. The molecule has 150 valence electrons. The monoisotopic (exact) mass is 411 g/mol. The number of pyridine rings is 1. The van der Waals surface area contributed by atoms with Gasteiger partial charge in [0.1, 0.15) is 0 Å². The molecule has 0 aliphatic carbocycles. The first kappa shape index (κ1) is 19.5. The van der Waals surface area contributed by atoms with Gasteiger partial charge in [0.25, 0.3) is 5.91 Å². The van der Waals surface area contributed by atoms with Gasteiger partial charge in [-0.05, 0) is 29.8 Å². The van der Waals surface area contributed by atoms with E-state index >= 15 is 0 Å². The van der Waals surface area contributed by atoms with Crippen molar-refractivity contribution in [3.05, 3.63) is 71.9 Å². The van der Waals surface area contributed by atoms with Crippen LogP contribution in [0.2, 0.25) is 0 Å². The molecule has 29 heavy (non-hydrogen) atoms. The van der Waals surface area contributed by atoms with Crippen LogP contribution in [0.25, 0.3) is 10.9 Å². The number of fused-ring (bicyclic) bond motifs is 1. The smallest absolute Gasteiger partial charge is 0.253 e. The molecule has 1 amide bonds. The largest absolute Gasteiger partial charge is 0.379 e. The van der Waals surface area contributed by atoms with Crippen molar-refractivity contribution < 1.29 is 17.9 Å². The molecule has 1 aliphatic heterocycles. The number of benzene rings is 2. The summed E-state index contributed by atoms with van der Waals surface area (Å²) in [5.74, 6) is -0.223. The Labute approximate surface area is 169 Å². The van der Waals surface area contributed by atoms with E-state index in [0.717, 1.165) is 10.9 Å². The quantitative estimate of drug-likeness (QED) is 0.695. The molecule has 1 fully saturated rings. The number of carbonyl (C=O) groups excluding carboxylic acids is 1. The number of hydrogen-bond acceptors (Lipinski definition) is 5. The van der Waals surface area contributed by atoms with E-state index in [1.807, 2.05) is 24.3 Å². The minimum Gasteiger partial charge on any atom is -0.379 e. The Morgan fingerprint density at radius 3 is 2.52 bits per heavy atom. The molecule has 2 aromatic carbocycles. The predicted octanol–water partition coefficient (Wildman–Crippen LogP) is 2.19. The van der Waals surface area contributed by atoms with Gasteiger partial charge in [0.15, 0.2) is 0 Å². The van der Waals surface area contributed by atoms with Crippen molar-refractivity contribution in [3.8, 4) is 0 Å². The number of aromatic nitrogens is 1. The zero-order chi connectivity index (χ0) is 20.3. The van der Waals surface area contributed by atoms with Crippen LogP contribution in [0.5, 0.6) is 0 Å². The molecule has 4 rings (SSSR count). The average Bonchev–Trinajstić information content (AvgIpc) is 2.78. The first-order valence-corrected chi connectivity index (χ1v) is 10.8. The maximum atomic E-state index is 12.7. The van der Waals surface area contributed by atoms with E-state index in [9.17, 15) is 13.2 Å². The first-order chi connectivity index (χ1) is 14.1. The van der Waals surface area contributed by atoms with E-state index in [-0.39, 0.29) is 10.8 Å². The number of amides is 1. The molecule has 1 aliphatic rings. The molecule has 7 nitrogen and oxygen atoms in total. The molecule has 8 heteroatoms. The fraction of sp³-hybridized carbons (Fsp3) is 0.238. The molecule has 0 radical (unpaired) electrons. The van der Waals surface area contributed by atoms with Crippen LogP contribution < -0.4 is 5.32 Å². The number of nitrogens with zero attached hydrogens (tertiary/aromatic N) is 2. The predicted molar refractivity (Wildman–Crippen MR) is 109 cm³/mol. The standard InChI is InChI=1S/C21H21N3O4S/c25-21(19-5-1-3-17-4-2-10-22-20(17)19)23-15-16-6-8-18(9-7-16)29(26,27)24-11-13-28-14-12-24/h1-10H,11-15H2,(H,23,25). The van der Waals surface area contributed by atoms with Gasteiger partial charge in [-0.3, -0.25) is 9.78 Å². The third-order valence-corrected chi connectivity index (χ3v) is 6.77. The first-order valence-electron chi connectivity index (χ1n) is 9.34. The topological polar surface area (TPSA) is 88.6 Å². The van der Waals surface area contributed by atoms with Crippen LogP contribution in [0.1, 0.15) is 15.9 Å². The highest BCUT2D eigenvalue weighted by atomic mass is 32.2. The summed E-state index contributed by atoms with van der Waals surface area (Å²) in [6, 6.07) is 15.8. The molecule has 1 saturated heterocycles. The molecule has 0 saturated carbocycles. The number of hydrogen-bond donors (Lipinski definition) is 1. The van der Waals surface area contributed by atoms with Gasteiger partial charge in [0, 0.05) is 31.2 Å². The van der Waals surface area contributed by atoms with Crippen molar-refractivity contribution in [2.45, 2.75) is 11.4 Å². The lowest BCUT2D eigenvalue weighted by molar-refractivity contribution is 0.0730. The van der Waals surface area contributed by atoms with Gasteiger partial charge in [-0.15, -0.1) is 0 Å². The summed E-state index contributed by atoms with van der Waals surface area (Å²) in [6.45, 7) is 1.83. The Kier molecular flexibility index (Phi) is 5.57. The summed E-state index contributed by atoms with van der Waals surface area (Å²) in [5, 5.41) is 3.77. The third kappa shape index (κ3) is 4.14. The second-order valence-electron chi connectivity index (χ2n) is 6.72. The number of ether oxygens (including phenoxy) is 1. The Bertz CT molecular complexity index is 1120. The highest BCUT2D eigenvalue weighted by Gasteiger charge is 2.26. The maximum absolute atomic E-state index is 12.7. The molecular formula is C21H21N3O4S. The zero-order valence-corrected chi connectivity index (χ0v) is 16.6. The zero-order valence-electron chi connectivity index (χ0n) is 15.7. The second-order valence-corrected chi connectivity index (χ2v) is 8.66. The van der Waals surface area contributed by atoms with E-state index in [4.69, 9.17) is 4.74 Å². The van der Waals surface area contributed by atoms with Crippen LogP contribution in [-0.2, 0) is 21.3 Å². The Morgan fingerprint density at radius 2 is 1.76 bits per heavy atom. The van der Waals surface area contributed by atoms with Crippen LogP contribution in [0, 0.1) is 0 Å². The van der Waals surface area contributed by atoms with Gasteiger partial charge in [0.2, 0.25) is 10.0 Å². The van der Waals surface area contributed by atoms with E-state index in [1.165, 1.54) is 4.31 Å². The van der Waals surface area contributed by atoms with Crippen molar-refractivity contribution >= 4 is 26.8 Å². The lowest BCUT2D eigenvalue weighted by atomic mass is 10.1. The number of rotatable bonds is 5. The molecular weight excluding hydrogens is 390 g/mol. The van der Waals surface area contributed by atoms with Crippen LogP contribution >= 0.6 is 0 Å². The summed E-state index contributed by atoms with van der Waals surface area (Å²) < 4.78 is 32.0. The summed E-state index contributed by atoms with van der Waals surface area (Å²) >= 11 is 0. The Balaban J connectivity index is 1.44. The number of nitrogens with one attached hydrogen (secondary N) is 1. The Hall–Kier alpha value is -2.81. The average molecular weight is 411 g/mol. The second kappa shape index (κ2) is 8.28. The number of sulfonamides is 1. The molecule has 0 atom stereocenters. The number of carbonyl (C=O) groups is 1. The fourth-order valence-electron chi connectivity index (χ4n) is 3.28. The van der Waals surface area contributed by atoms with Gasteiger partial charge in [-0.1, -0.05) is 30.3 Å². The van der Waals surface area contributed by atoms with Gasteiger partial charge in [0.05, 0.1) is 29.2 Å². The maximum Gasteiger partial charge on any atom is 0.253 e. The van der Waals surface area contributed by atoms with Crippen LogP contribution in [-0.4, -0.2) is 49.9 Å². The van der Waals surface area contributed by atoms with E-state index in [1.54, 1.807) is 36.5 Å². The molecule has 0 bridgehead atoms. The van der Waals surface area contributed by atoms with Crippen LogP contribution in [0.15, 0.2) is 65.7 Å². The van der Waals surface area contributed by atoms with Gasteiger partial charge in [-0.2, -0.15) is 4.31 Å². The summed E-state index contributed by atoms with van der Waals surface area (Å²) in [7, 11) is -3.52. The van der Waals surface area contributed by atoms with Crippen molar-refractivity contribution in [1.29, 1.82) is 0 Å². The van der Waals surface area contributed by atoms with E-state index in [2.05, 4.69) is 10.3 Å². The number of para-hydroxylation sites is 1. The van der Waals surface area contributed by atoms with E-state index < -0.39 is 10.0 Å². The summed E-state index contributed by atoms with van der Waals surface area (Å²) in [4.78, 5) is 17.1. The summed E-state index contributed by atoms with van der Waals surface area (Å²) in [6.07, 6.45) is 1.66. The fourth-order valence-corrected chi connectivity index (χ4v) is 4.69. The molecule has 3 aromatic rings. The van der Waals surface area contributed by atoms with Crippen LogP contribution in [0.3, 0.4) is 0 Å². The number of morpholine rings is 1. The Morgan fingerprint density at radius 1 is 1.03 bits per heavy atom. The van der Waals surface area contributed by atoms with Gasteiger partial charge >= 0.3 is 0 Å². The SMILES string of the molecule is O=C(NCc1ccc(S(=O)(=O)N2CCOCC2)cc1)c1cccc2cccnc12. The van der Waals surface area contributed by atoms with Gasteiger partial charge < -0.3 is 10.1 Å². The highest BCUT2D eigenvalue weighted by molar-refractivity contribution is 7.89. The van der Waals surface area contributed by atoms with Crippen molar-refractivity contribution in [1.82, 2.24) is 14.6 Å². The minimum atomic E-state index is -3.52. The van der Waals surface area contributed by atoms with Crippen molar-refractivity contribution in [3.63, 3.8) is 0 Å². The van der Waals surface area contributed by atoms with Crippen LogP contribution in [0.4, 0.5) is 0 Å². The lowest BCUT2D eigenvalue weighted by Crippen LogP contribution is -2.40. The van der Waals surface area contributed by atoms with E-state index in [0.29, 0.717) is 43.9 Å².